The first-order chi connectivity index (χ1) is 4.79. The standard InChI is InChI=1S/C5H7Cl2N3/c6-10(7)2-1-5-3-8-4-9-5/h3-4H,1-2H2,(H,8,9). The molecule has 0 aliphatic rings. The second-order valence-corrected chi connectivity index (χ2v) is 2.83. The summed E-state index contributed by atoms with van der Waals surface area (Å²) in [5.41, 5.74) is 0.964. The maximum Gasteiger partial charge on any atom is 0.0923 e. The molecule has 5 heteroatoms. The Morgan fingerprint density at radius 1 is 1.60 bits per heavy atom. The number of aromatic amines is 1. The molecular weight excluding hydrogens is 173 g/mol. The van der Waals surface area contributed by atoms with Crippen molar-refractivity contribution in [3.05, 3.63) is 18.2 Å². The van der Waals surface area contributed by atoms with Crippen molar-refractivity contribution in [3.8, 4) is 0 Å². The van der Waals surface area contributed by atoms with E-state index in [0.717, 1.165) is 16.1 Å². The molecule has 1 rings (SSSR count). The van der Waals surface area contributed by atoms with E-state index in [1.54, 1.807) is 6.33 Å². The molecule has 0 aromatic carbocycles. The lowest BCUT2D eigenvalue weighted by Crippen LogP contribution is -2.03. The summed E-state index contributed by atoms with van der Waals surface area (Å²) >= 11 is 10.7. The average Bonchev–Trinajstić information content (AvgIpc) is 2.34. The molecule has 1 aromatic heterocycles. The lowest BCUT2D eigenvalue weighted by Gasteiger charge is -1.99. The van der Waals surface area contributed by atoms with Gasteiger partial charge >= 0.3 is 0 Å². The van der Waals surface area contributed by atoms with Crippen LogP contribution in [0.25, 0.3) is 0 Å². The van der Waals surface area contributed by atoms with Crippen molar-refractivity contribution in [2.45, 2.75) is 6.42 Å². The number of rotatable bonds is 3. The third kappa shape index (κ3) is 2.56. The van der Waals surface area contributed by atoms with Gasteiger partial charge in [0.15, 0.2) is 0 Å². The second-order valence-electron chi connectivity index (χ2n) is 1.84. The minimum atomic E-state index is 0.591. The topological polar surface area (TPSA) is 31.9 Å². The van der Waals surface area contributed by atoms with Gasteiger partial charge in [-0.25, -0.2) is 4.98 Å². The minimum absolute atomic E-state index is 0.591. The van der Waals surface area contributed by atoms with Crippen LogP contribution >= 0.6 is 23.6 Å². The number of aromatic nitrogens is 2. The van der Waals surface area contributed by atoms with Crippen molar-refractivity contribution in [2.24, 2.45) is 0 Å². The minimum Gasteiger partial charge on any atom is -0.351 e. The molecule has 0 atom stereocenters. The highest BCUT2D eigenvalue weighted by Gasteiger charge is 1.97. The molecule has 0 radical (unpaired) electrons. The van der Waals surface area contributed by atoms with Gasteiger partial charge in [-0.15, -0.1) is 3.94 Å². The number of hydrogen-bond acceptors (Lipinski definition) is 2. The third-order valence-electron chi connectivity index (χ3n) is 1.09. The zero-order valence-electron chi connectivity index (χ0n) is 5.22. The summed E-state index contributed by atoms with van der Waals surface area (Å²) in [5, 5.41) is 0. The summed E-state index contributed by atoms with van der Waals surface area (Å²) < 4.78 is 1.09. The quantitative estimate of drug-likeness (QED) is 0.715. The van der Waals surface area contributed by atoms with Crippen molar-refractivity contribution in [2.75, 3.05) is 6.54 Å². The van der Waals surface area contributed by atoms with E-state index in [0.29, 0.717) is 6.54 Å². The van der Waals surface area contributed by atoms with Crippen LogP contribution in [0.2, 0.25) is 0 Å². The smallest absolute Gasteiger partial charge is 0.0923 e. The summed E-state index contributed by atoms with van der Waals surface area (Å²) in [5.74, 6) is 0. The monoisotopic (exact) mass is 179 g/mol. The number of imidazole rings is 1. The summed E-state index contributed by atoms with van der Waals surface area (Å²) in [6, 6.07) is 0. The van der Waals surface area contributed by atoms with E-state index in [9.17, 15) is 0 Å². The van der Waals surface area contributed by atoms with Crippen molar-refractivity contribution >= 4 is 23.6 Å². The van der Waals surface area contributed by atoms with Crippen LogP contribution in [0.3, 0.4) is 0 Å². The van der Waals surface area contributed by atoms with Gasteiger partial charge in [0.1, 0.15) is 0 Å². The Morgan fingerprint density at radius 3 is 2.90 bits per heavy atom. The van der Waals surface area contributed by atoms with E-state index in [1.165, 1.54) is 0 Å². The molecule has 0 bridgehead atoms. The molecule has 3 nitrogen and oxygen atoms in total. The molecule has 0 saturated carbocycles. The molecule has 10 heavy (non-hydrogen) atoms. The highest BCUT2D eigenvalue weighted by molar-refractivity contribution is 6.33. The van der Waals surface area contributed by atoms with Gasteiger partial charge < -0.3 is 4.98 Å². The predicted octanol–water partition coefficient (Wildman–Crippen LogP) is 1.56. The number of nitrogens with zero attached hydrogens (tertiary/aromatic N) is 2. The van der Waals surface area contributed by atoms with Crippen molar-refractivity contribution in [1.29, 1.82) is 0 Å². The normalized spacial score (nSPS) is 10.7. The van der Waals surface area contributed by atoms with E-state index < -0.39 is 0 Å². The summed E-state index contributed by atoms with van der Waals surface area (Å²) in [6.45, 7) is 0.591. The predicted molar refractivity (Wildman–Crippen MR) is 40.7 cm³/mol. The van der Waals surface area contributed by atoms with Gasteiger partial charge in [0.2, 0.25) is 0 Å². The third-order valence-corrected chi connectivity index (χ3v) is 1.43. The second kappa shape index (κ2) is 3.81. The van der Waals surface area contributed by atoms with Crippen molar-refractivity contribution in [3.63, 3.8) is 0 Å². The number of halogens is 2. The molecule has 56 valence electrons. The number of hydrogen-bond donors (Lipinski definition) is 1. The molecule has 1 N–H and O–H groups in total. The molecule has 0 saturated heterocycles. The number of H-pyrrole nitrogens is 1. The molecule has 0 aliphatic heterocycles. The van der Waals surface area contributed by atoms with Crippen LogP contribution in [0.5, 0.6) is 0 Å². The van der Waals surface area contributed by atoms with Gasteiger partial charge in [0.25, 0.3) is 0 Å². The van der Waals surface area contributed by atoms with E-state index >= 15 is 0 Å². The molecule has 0 unspecified atom stereocenters. The van der Waals surface area contributed by atoms with Gasteiger partial charge in [0, 0.05) is 19.2 Å². The van der Waals surface area contributed by atoms with Crippen LogP contribution in [0, 0.1) is 0 Å². The Kier molecular flexibility index (Phi) is 2.99. The highest BCUT2D eigenvalue weighted by Crippen LogP contribution is 2.01. The van der Waals surface area contributed by atoms with Gasteiger partial charge in [-0.05, 0) is 23.6 Å². The van der Waals surface area contributed by atoms with Gasteiger partial charge in [-0.2, -0.15) is 0 Å². The fraction of sp³-hybridized carbons (Fsp3) is 0.400. The van der Waals surface area contributed by atoms with E-state index in [4.69, 9.17) is 23.6 Å². The molecule has 1 heterocycles. The van der Waals surface area contributed by atoms with Crippen LogP contribution in [0.4, 0.5) is 0 Å². The van der Waals surface area contributed by atoms with Crippen molar-refractivity contribution < 1.29 is 0 Å². The molecule has 0 fully saturated rings. The van der Waals surface area contributed by atoms with Crippen LogP contribution < -0.4 is 0 Å². The maximum absolute atomic E-state index is 5.36. The highest BCUT2D eigenvalue weighted by atomic mass is 35.5. The lowest BCUT2D eigenvalue weighted by molar-refractivity contribution is 0.686. The first kappa shape index (κ1) is 7.85. The van der Waals surface area contributed by atoms with E-state index in [2.05, 4.69) is 9.97 Å². The summed E-state index contributed by atoms with van der Waals surface area (Å²) in [7, 11) is 0. The average molecular weight is 180 g/mol. The first-order valence-corrected chi connectivity index (χ1v) is 3.53. The van der Waals surface area contributed by atoms with Crippen LogP contribution in [-0.4, -0.2) is 20.5 Å². The molecular formula is C5H7Cl2N3. The molecule has 0 aliphatic carbocycles. The molecule has 0 spiro atoms. The fourth-order valence-corrected chi connectivity index (χ4v) is 0.796. The van der Waals surface area contributed by atoms with Crippen molar-refractivity contribution in [1.82, 2.24) is 13.9 Å². The Morgan fingerprint density at radius 2 is 2.40 bits per heavy atom. The largest absolute Gasteiger partial charge is 0.351 e. The summed E-state index contributed by atoms with van der Waals surface area (Å²) in [6.07, 6.45) is 4.20. The Labute approximate surface area is 69.2 Å². The van der Waals surface area contributed by atoms with Gasteiger partial charge in [0.05, 0.1) is 12.0 Å². The maximum atomic E-state index is 5.36. The Bertz CT molecular complexity index is 173. The fourth-order valence-electron chi connectivity index (χ4n) is 0.627. The first-order valence-electron chi connectivity index (χ1n) is 2.86. The zero-order chi connectivity index (χ0) is 7.40. The molecule has 1 aromatic rings. The number of nitrogens with one attached hydrogen (secondary N) is 1. The van der Waals surface area contributed by atoms with Crippen LogP contribution in [0.1, 0.15) is 5.69 Å². The Hall–Kier alpha value is -0.250. The molecule has 0 amide bonds. The summed E-state index contributed by atoms with van der Waals surface area (Å²) in [4.78, 5) is 6.83. The SMILES string of the molecule is ClN(Cl)CCc1c[nH]cn1. The van der Waals surface area contributed by atoms with E-state index in [-0.39, 0.29) is 0 Å². The lowest BCUT2D eigenvalue weighted by atomic mass is 10.3. The van der Waals surface area contributed by atoms with Gasteiger partial charge in [-0.1, -0.05) is 0 Å². The van der Waals surface area contributed by atoms with Gasteiger partial charge in [-0.3, -0.25) is 0 Å². The zero-order valence-corrected chi connectivity index (χ0v) is 6.73. The van der Waals surface area contributed by atoms with Crippen LogP contribution in [-0.2, 0) is 6.42 Å². The Balaban J connectivity index is 2.28. The van der Waals surface area contributed by atoms with Crippen LogP contribution in [0.15, 0.2) is 12.5 Å². The van der Waals surface area contributed by atoms with E-state index in [1.807, 2.05) is 6.20 Å².